The van der Waals surface area contributed by atoms with Crippen molar-refractivity contribution in [3.8, 4) is 0 Å². The summed E-state index contributed by atoms with van der Waals surface area (Å²) in [5.41, 5.74) is 6.63. The van der Waals surface area contributed by atoms with Crippen LogP contribution in [0.15, 0.2) is 0 Å². The van der Waals surface area contributed by atoms with Crippen LogP contribution < -0.4 is 5.73 Å². The van der Waals surface area contributed by atoms with E-state index in [9.17, 15) is 0 Å². The molecule has 68 valence electrons. The Balaban J connectivity index is 2.45. The summed E-state index contributed by atoms with van der Waals surface area (Å²) >= 11 is 1.81. The molecule has 2 N–H and O–H groups in total. The number of aryl methyl sites for hydroxylation is 3. The Morgan fingerprint density at radius 1 is 1.33 bits per heavy atom. The number of hydrogen-bond acceptors (Lipinski definition) is 3. The second-order valence-corrected chi connectivity index (χ2v) is 4.27. The molecule has 0 bridgehead atoms. The highest BCUT2D eigenvalue weighted by Gasteiger charge is 2.03. The molecular weight excluding hydrogens is 168 g/mol. The number of hydrogen-bond donors (Lipinski definition) is 1. The third kappa shape index (κ3) is 2.57. The highest BCUT2D eigenvalue weighted by molar-refractivity contribution is 7.11. The Morgan fingerprint density at radius 3 is 2.58 bits per heavy atom. The number of nitrogens with two attached hydrogens (primary N) is 1. The Kier molecular flexibility index (Phi) is 3.69. The van der Waals surface area contributed by atoms with Crippen LogP contribution in [0.1, 0.15) is 28.4 Å². The predicted octanol–water partition coefficient (Wildman–Crippen LogP) is 2.04. The van der Waals surface area contributed by atoms with Crippen LogP contribution in [-0.4, -0.2) is 11.5 Å². The molecule has 1 aromatic heterocycles. The minimum absolute atomic E-state index is 0.802. The van der Waals surface area contributed by atoms with Gasteiger partial charge in [-0.05, 0) is 39.7 Å². The fourth-order valence-electron chi connectivity index (χ4n) is 1.24. The minimum atomic E-state index is 0.802. The van der Waals surface area contributed by atoms with Crippen molar-refractivity contribution in [1.29, 1.82) is 0 Å². The normalized spacial score (nSPS) is 10.6. The molecule has 0 aliphatic rings. The second kappa shape index (κ2) is 4.58. The van der Waals surface area contributed by atoms with Crippen molar-refractivity contribution in [2.24, 2.45) is 5.73 Å². The molecule has 1 aromatic rings. The molecule has 2 nitrogen and oxygen atoms in total. The van der Waals surface area contributed by atoms with Crippen LogP contribution in [0.4, 0.5) is 0 Å². The van der Waals surface area contributed by atoms with E-state index in [1.54, 1.807) is 0 Å². The van der Waals surface area contributed by atoms with E-state index in [-0.39, 0.29) is 0 Å². The van der Waals surface area contributed by atoms with E-state index in [4.69, 9.17) is 5.73 Å². The van der Waals surface area contributed by atoms with E-state index in [1.165, 1.54) is 22.0 Å². The lowest BCUT2D eigenvalue weighted by molar-refractivity contribution is 0.747. The topological polar surface area (TPSA) is 38.9 Å². The zero-order valence-electron chi connectivity index (χ0n) is 7.76. The summed E-state index contributed by atoms with van der Waals surface area (Å²) in [6.07, 6.45) is 3.46. The monoisotopic (exact) mass is 184 g/mol. The van der Waals surface area contributed by atoms with Gasteiger partial charge in [0.05, 0.1) is 10.7 Å². The summed E-state index contributed by atoms with van der Waals surface area (Å²) in [5.74, 6) is 0. The van der Waals surface area contributed by atoms with Crippen LogP contribution in [0.5, 0.6) is 0 Å². The summed E-state index contributed by atoms with van der Waals surface area (Å²) in [4.78, 5) is 5.81. The average molecular weight is 184 g/mol. The largest absolute Gasteiger partial charge is 0.330 e. The van der Waals surface area contributed by atoms with Crippen molar-refractivity contribution < 1.29 is 0 Å². The first-order valence-electron chi connectivity index (χ1n) is 4.37. The van der Waals surface area contributed by atoms with Crippen molar-refractivity contribution in [3.63, 3.8) is 0 Å². The minimum Gasteiger partial charge on any atom is -0.330 e. The number of rotatable bonds is 4. The molecule has 0 atom stereocenters. The predicted molar refractivity (Wildman–Crippen MR) is 53.6 cm³/mol. The third-order valence-corrected chi connectivity index (χ3v) is 2.99. The van der Waals surface area contributed by atoms with Gasteiger partial charge in [0.25, 0.3) is 0 Å². The summed E-state index contributed by atoms with van der Waals surface area (Å²) in [5, 5.41) is 1.18. The molecule has 0 fully saturated rings. The van der Waals surface area contributed by atoms with Gasteiger partial charge in [0.2, 0.25) is 0 Å². The van der Waals surface area contributed by atoms with Crippen LogP contribution in [0.25, 0.3) is 0 Å². The maximum Gasteiger partial charge on any atom is 0.0900 e. The maximum atomic E-state index is 5.42. The highest BCUT2D eigenvalue weighted by atomic mass is 32.1. The fraction of sp³-hybridized carbons (Fsp3) is 0.667. The van der Waals surface area contributed by atoms with Gasteiger partial charge in [-0.25, -0.2) is 4.98 Å². The van der Waals surface area contributed by atoms with E-state index in [0.29, 0.717) is 0 Å². The summed E-state index contributed by atoms with van der Waals surface area (Å²) < 4.78 is 0. The molecule has 0 radical (unpaired) electrons. The van der Waals surface area contributed by atoms with Gasteiger partial charge < -0.3 is 5.73 Å². The molecule has 0 saturated carbocycles. The molecule has 0 spiro atoms. The Morgan fingerprint density at radius 2 is 2.08 bits per heavy atom. The van der Waals surface area contributed by atoms with Gasteiger partial charge >= 0.3 is 0 Å². The quantitative estimate of drug-likeness (QED) is 0.727. The van der Waals surface area contributed by atoms with Crippen LogP contribution in [0, 0.1) is 13.8 Å². The van der Waals surface area contributed by atoms with Crippen LogP contribution in [-0.2, 0) is 6.42 Å². The molecule has 3 heteroatoms. The molecule has 0 aliphatic carbocycles. The van der Waals surface area contributed by atoms with Crippen molar-refractivity contribution in [2.45, 2.75) is 33.1 Å². The standard InChI is InChI=1S/C9H16N2S/c1-7-9(5-3-4-6-10)12-8(2)11-7/h3-6,10H2,1-2H3. The maximum absolute atomic E-state index is 5.42. The first-order valence-corrected chi connectivity index (χ1v) is 5.18. The number of aromatic nitrogens is 1. The molecule has 0 unspecified atom stereocenters. The number of thiazole rings is 1. The lowest BCUT2D eigenvalue weighted by Gasteiger charge is -1.96. The first kappa shape index (κ1) is 9.68. The van der Waals surface area contributed by atoms with E-state index < -0.39 is 0 Å². The zero-order chi connectivity index (χ0) is 8.97. The van der Waals surface area contributed by atoms with Crippen LogP contribution in [0.2, 0.25) is 0 Å². The summed E-state index contributed by atoms with van der Waals surface area (Å²) in [7, 11) is 0. The van der Waals surface area contributed by atoms with E-state index >= 15 is 0 Å². The lowest BCUT2D eigenvalue weighted by atomic mass is 10.2. The Hall–Kier alpha value is -0.410. The SMILES string of the molecule is Cc1nc(C)c(CCCCN)s1. The summed E-state index contributed by atoms with van der Waals surface area (Å²) in [6, 6.07) is 0. The van der Waals surface area contributed by atoms with Gasteiger partial charge in [0.1, 0.15) is 0 Å². The van der Waals surface area contributed by atoms with E-state index in [0.717, 1.165) is 19.4 Å². The Labute approximate surface area is 77.8 Å². The van der Waals surface area contributed by atoms with Gasteiger partial charge in [0, 0.05) is 4.88 Å². The summed E-state index contributed by atoms with van der Waals surface area (Å²) in [6.45, 7) is 4.95. The number of unbranched alkanes of at least 4 members (excludes halogenated alkanes) is 1. The lowest BCUT2D eigenvalue weighted by Crippen LogP contribution is -1.98. The fourth-order valence-corrected chi connectivity index (χ4v) is 2.21. The smallest absolute Gasteiger partial charge is 0.0900 e. The van der Waals surface area contributed by atoms with Gasteiger partial charge in [-0.3, -0.25) is 0 Å². The van der Waals surface area contributed by atoms with Crippen molar-refractivity contribution in [1.82, 2.24) is 4.98 Å². The Bertz CT molecular complexity index is 243. The van der Waals surface area contributed by atoms with E-state index in [1.807, 2.05) is 11.3 Å². The molecule has 12 heavy (non-hydrogen) atoms. The molecule has 0 saturated heterocycles. The van der Waals surface area contributed by atoms with E-state index in [2.05, 4.69) is 18.8 Å². The van der Waals surface area contributed by atoms with Gasteiger partial charge in [0.15, 0.2) is 0 Å². The first-order chi connectivity index (χ1) is 5.74. The van der Waals surface area contributed by atoms with Crippen molar-refractivity contribution >= 4 is 11.3 Å². The van der Waals surface area contributed by atoms with Crippen molar-refractivity contribution in [2.75, 3.05) is 6.54 Å². The highest BCUT2D eigenvalue weighted by Crippen LogP contribution is 2.18. The third-order valence-electron chi connectivity index (χ3n) is 1.86. The number of nitrogens with zero attached hydrogens (tertiary/aromatic N) is 1. The zero-order valence-corrected chi connectivity index (χ0v) is 8.58. The van der Waals surface area contributed by atoms with Crippen LogP contribution >= 0.6 is 11.3 Å². The average Bonchev–Trinajstić information content (AvgIpc) is 2.31. The van der Waals surface area contributed by atoms with Gasteiger partial charge in [-0.1, -0.05) is 0 Å². The molecular formula is C9H16N2S. The second-order valence-electron chi connectivity index (χ2n) is 2.99. The van der Waals surface area contributed by atoms with Gasteiger partial charge in [-0.15, -0.1) is 11.3 Å². The molecule has 0 amide bonds. The molecule has 0 aromatic carbocycles. The van der Waals surface area contributed by atoms with Gasteiger partial charge in [-0.2, -0.15) is 0 Å². The van der Waals surface area contributed by atoms with Crippen molar-refractivity contribution in [3.05, 3.63) is 15.6 Å². The molecule has 1 rings (SSSR count). The molecule has 0 aliphatic heterocycles. The van der Waals surface area contributed by atoms with Crippen LogP contribution in [0.3, 0.4) is 0 Å². The molecule has 1 heterocycles.